The monoisotopic (exact) mass is 344 g/mol. The summed E-state index contributed by atoms with van der Waals surface area (Å²) >= 11 is 0. The van der Waals surface area contributed by atoms with Gasteiger partial charge in [-0.15, -0.1) is 0 Å². The van der Waals surface area contributed by atoms with Gasteiger partial charge in [0.2, 0.25) is 5.91 Å². The molecular weight excluding hydrogens is 320 g/mol. The topological polar surface area (TPSA) is 73.6 Å². The Morgan fingerprint density at radius 3 is 3.00 bits per heavy atom. The van der Waals surface area contributed by atoms with Crippen LogP contribution < -0.4 is 10.1 Å². The number of nitrogens with one attached hydrogen (secondary N) is 1. The lowest BCUT2D eigenvalue weighted by atomic mass is 10.1. The van der Waals surface area contributed by atoms with Crippen LogP contribution in [0.4, 0.5) is 0 Å². The van der Waals surface area contributed by atoms with Crippen molar-refractivity contribution < 1.29 is 18.8 Å². The number of aryl methyl sites for hydroxylation is 1. The van der Waals surface area contributed by atoms with Crippen LogP contribution in [0, 0.1) is 5.92 Å². The Morgan fingerprint density at radius 1 is 1.32 bits per heavy atom. The van der Waals surface area contributed by atoms with E-state index in [-0.39, 0.29) is 12.3 Å². The highest BCUT2D eigenvalue weighted by molar-refractivity contribution is 5.78. The SMILES string of the molecule is O=C(Cc1cc(CCCOc2ccccc2)on1)NCC1CCOC1. The average molecular weight is 344 g/mol. The Labute approximate surface area is 147 Å². The van der Waals surface area contributed by atoms with Crippen LogP contribution in [-0.2, 0) is 22.4 Å². The van der Waals surface area contributed by atoms with Gasteiger partial charge in [-0.2, -0.15) is 0 Å². The van der Waals surface area contributed by atoms with Crippen molar-refractivity contribution in [2.75, 3.05) is 26.4 Å². The molecule has 1 aliphatic heterocycles. The van der Waals surface area contributed by atoms with Crippen molar-refractivity contribution in [3.05, 3.63) is 47.9 Å². The lowest BCUT2D eigenvalue weighted by molar-refractivity contribution is -0.120. The third-order valence-corrected chi connectivity index (χ3v) is 4.14. The first kappa shape index (κ1) is 17.5. The highest BCUT2D eigenvalue weighted by Gasteiger charge is 2.17. The molecule has 1 aliphatic rings. The van der Waals surface area contributed by atoms with Crippen LogP contribution in [0.5, 0.6) is 5.75 Å². The number of hydrogen-bond acceptors (Lipinski definition) is 5. The van der Waals surface area contributed by atoms with E-state index in [0.29, 0.717) is 24.8 Å². The zero-order chi connectivity index (χ0) is 17.3. The van der Waals surface area contributed by atoms with Crippen molar-refractivity contribution in [1.29, 1.82) is 0 Å². The number of amides is 1. The highest BCUT2D eigenvalue weighted by atomic mass is 16.5. The van der Waals surface area contributed by atoms with Crippen molar-refractivity contribution >= 4 is 5.91 Å². The van der Waals surface area contributed by atoms with E-state index in [1.54, 1.807) is 0 Å². The molecule has 1 atom stereocenters. The molecule has 2 aromatic rings. The Morgan fingerprint density at radius 2 is 2.20 bits per heavy atom. The fourth-order valence-electron chi connectivity index (χ4n) is 2.74. The van der Waals surface area contributed by atoms with E-state index in [4.69, 9.17) is 14.0 Å². The predicted octanol–water partition coefficient (Wildman–Crippen LogP) is 2.38. The fourth-order valence-corrected chi connectivity index (χ4v) is 2.74. The maximum atomic E-state index is 11.9. The Hall–Kier alpha value is -2.34. The quantitative estimate of drug-likeness (QED) is 0.707. The van der Waals surface area contributed by atoms with E-state index in [2.05, 4.69) is 10.5 Å². The number of ether oxygens (including phenoxy) is 2. The number of nitrogens with zero attached hydrogens (tertiary/aromatic N) is 1. The zero-order valence-electron chi connectivity index (χ0n) is 14.3. The summed E-state index contributed by atoms with van der Waals surface area (Å²) in [7, 11) is 0. The van der Waals surface area contributed by atoms with Crippen molar-refractivity contribution in [1.82, 2.24) is 10.5 Å². The number of rotatable bonds is 9. The molecule has 1 saturated heterocycles. The van der Waals surface area contributed by atoms with Crippen molar-refractivity contribution in [3.8, 4) is 5.75 Å². The molecule has 25 heavy (non-hydrogen) atoms. The van der Waals surface area contributed by atoms with Crippen LogP contribution in [0.25, 0.3) is 0 Å². The Bertz CT molecular complexity index is 650. The summed E-state index contributed by atoms with van der Waals surface area (Å²) in [5, 5.41) is 6.90. The summed E-state index contributed by atoms with van der Waals surface area (Å²) in [5.74, 6) is 2.05. The number of para-hydroxylation sites is 1. The molecule has 1 amide bonds. The second-order valence-electron chi connectivity index (χ2n) is 6.26. The summed E-state index contributed by atoms with van der Waals surface area (Å²) in [6.07, 6.45) is 2.83. The highest BCUT2D eigenvalue weighted by Crippen LogP contribution is 2.12. The third-order valence-electron chi connectivity index (χ3n) is 4.14. The van der Waals surface area contributed by atoms with Gasteiger partial charge in [-0.25, -0.2) is 0 Å². The number of carbonyl (C=O) groups is 1. The molecule has 1 aromatic carbocycles. The van der Waals surface area contributed by atoms with Gasteiger partial charge in [0.1, 0.15) is 11.5 Å². The molecule has 0 saturated carbocycles. The molecule has 134 valence electrons. The van der Waals surface area contributed by atoms with Crippen LogP contribution >= 0.6 is 0 Å². The summed E-state index contributed by atoms with van der Waals surface area (Å²) in [6, 6.07) is 11.6. The van der Waals surface area contributed by atoms with Crippen LogP contribution in [0.3, 0.4) is 0 Å². The molecule has 1 N–H and O–H groups in total. The molecule has 0 radical (unpaired) electrons. The Balaban J connectivity index is 1.33. The van der Waals surface area contributed by atoms with E-state index >= 15 is 0 Å². The van der Waals surface area contributed by atoms with Gasteiger partial charge in [0, 0.05) is 31.6 Å². The zero-order valence-corrected chi connectivity index (χ0v) is 14.3. The predicted molar refractivity (Wildman–Crippen MR) is 92.4 cm³/mol. The molecule has 0 aliphatic carbocycles. The van der Waals surface area contributed by atoms with Crippen LogP contribution in [0.15, 0.2) is 40.9 Å². The summed E-state index contributed by atoms with van der Waals surface area (Å²) < 4.78 is 16.2. The molecule has 6 nitrogen and oxygen atoms in total. The summed E-state index contributed by atoms with van der Waals surface area (Å²) in [4.78, 5) is 11.9. The lowest BCUT2D eigenvalue weighted by Crippen LogP contribution is -2.30. The number of hydrogen-bond donors (Lipinski definition) is 1. The van der Waals surface area contributed by atoms with Crippen molar-refractivity contribution in [2.45, 2.75) is 25.7 Å². The van der Waals surface area contributed by atoms with E-state index in [0.717, 1.165) is 44.0 Å². The summed E-state index contributed by atoms with van der Waals surface area (Å²) in [5.41, 5.74) is 0.666. The fraction of sp³-hybridized carbons (Fsp3) is 0.474. The van der Waals surface area contributed by atoms with Crippen LogP contribution in [0.2, 0.25) is 0 Å². The largest absolute Gasteiger partial charge is 0.494 e. The molecule has 0 bridgehead atoms. The van der Waals surface area contributed by atoms with Gasteiger partial charge in [0.15, 0.2) is 0 Å². The standard InChI is InChI=1S/C19H24N2O4/c22-19(20-13-15-8-10-23-14-15)12-16-11-18(25-21-16)7-4-9-24-17-5-2-1-3-6-17/h1-3,5-6,11,15H,4,7-10,12-14H2,(H,20,22). The van der Waals surface area contributed by atoms with Gasteiger partial charge in [-0.3, -0.25) is 4.79 Å². The molecule has 3 rings (SSSR count). The van der Waals surface area contributed by atoms with Crippen LogP contribution in [-0.4, -0.2) is 37.4 Å². The maximum absolute atomic E-state index is 11.9. The minimum atomic E-state index is -0.0286. The lowest BCUT2D eigenvalue weighted by Gasteiger charge is -2.08. The molecule has 1 unspecified atom stereocenters. The average Bonchev–Trinajstić information content (AvgIpc) is 3.30. The molecule has 1 fully saturated rings. The second kappa shape index (κ2) is 9.22. The molecule has 1 aromatic heterocycles. The first-order chi connectivity index (χ1) is 12.3. The van der Waals surface area contributed by atoms with Gasteiger partial charge < -0.3 is 19.3 Å². The molecular formula is C19H24N2O4. The Kier molecular flexibility index (Phi) is 6.45. The minimum Gasteiger partial charge on any atom is -0.494 e. The van der Waals surface area contributed by atoms with Gasteiger partial charge in [0.25, 0.3) is 0 Å². The van der Waals surface area contributed by atoms with Crippen LogP contribution in [0.1, 0.15) is 24.3 Å². The minimum absolute atomic E-state index is 0.0286. The number of aromatic nitrogens is 1. The first-order valence-electron chi connectivity index (χ1n) is 8.76. The number of carbonyl (C=O) groups excluding carboxylic acids is 1. The van der Waals surface area contributed by atoms with E-state index < -0.39 is 0 Å². The van der Waals surface area contributed by atoms with E-state index in [1.165, 1.54) is 0 Å². The normalized spacial score (nSPS) is 16.7. The van der Waals surface area contributed by atoms with Gasteiger partial charge in [0.05, 0.1) is 25.3 Å². The molecule has 2 heterocycles. The smallest absolute Gasteiger partial charge is 0.226 e. The van der Waals surface area contributed by atoms with Crippen molar-refractivity contribution in [2.24, 2.45) is 5.92 Å². The maximum Gasteiger partial charge on any atom is 0.226 e. The molecule has 0 spiro atoms. The van der Waals surface area contributed by atoms with E-state index in [9.17, 15) is 4.79 Å². The van der Waals surface area contributed by atoms with Gasteiger partial charge in [-0.1, -0.05) is 23.4 Å². The second-order valence-corrected chi connectivity index (χ2v) is 6.26. The van der Waals surface area contributed by atoms with Gasteiger partial charge in [-0.05, 0) is 25.0 Å². The third kappa shape index (κ3) is 5.90. The van der Waals surface area contributed by atoms with E-state index in [1.807, 2.05) is 36.4 Å². The first-order valence-corrected chi connectivity index (χ1v) is 8.76. The van der Waals surface area contributed by atoms with Crippen molar-refractivity contribution in [3.63, 3.8) is 0 Å². The molecule has 6 heteroatoms. The number of benzene rings is 1. The summed E-state index contributed by atoms with van der Waals surface area (Å²) in [6.45, 7) is 2.81. The van der Waals surface area contributed by atoms with Gasteiger partial charge >= 0.3 is 0 Å².